The Morgan fingerprint density at radius 3 is 2.27 bits per heavy atom. The molecule has 0 aromatic heterocycles. The van der Waals surface area contributed by atoms with Gasteiger partial charge in [0.05, 0.1) is 31.5 Å². The molecule has 5 rings (SSSR count). The minimum atomic E-state index is -0.689. The lowest BCUT2D eigenvalue weighted by molar-refractivity contribution is -0.982. The second-order valence-electron chi connectivity index (χ2n) is 8.34. The first kappa shape index (κ1) is 21.3. The first-order valence-electron chi connectivity index (χ1n) is 11.4. The lowest BCUT2D eigenvalue weighted by Crippen LogP contribution is -3.21. The van der Waals surface area contributed by atoms with E-state index >= 15 is 0 Å². The molecule has 2 heterocycles. The predicted molar refractivity (Wildman–Crippen MR) is 129 cm³/mol. The Hall–Kier alpha value is -3.52. The Morgan fingerprint density at radius 2 is 1.55 bits per heavy atom. The number of ether oxygens (including phenoxy) is 3. The van der Waals surface area contributed by atoms with Crippen LogP contribution in [0.5, 0.6) is 11.5 Å². The summed E-state index contributed by atoms with van der Waals surface area (Å²) in [4.78, 5) is 1.32. The third kappa shape index (κ3) is 3.91. The smallest absolute Gasteiger partial charge is 0.292 e. The van der Waals surface area contributed by atoms with Gasteiger partial charge >= 0.3 is 0 Å². The normalized spacial score (nSPS) is 20.3. The van der Waals surface area contributed by atoms with Crippen molar-refractivity contribution in [2.75, 3.05) is 33.4 Å². The van der Waals surface area contributed by atoms with Gasteiger partial charge in [0.2, 0.25) is 0 Å². The minimum absolute atomic E-state index is 0.689. The van der Waals surface area contributed by atoms with Gasteiger partial charge in [0.1, 0.15) is 24.6 Å². The van der Waals surface area contributed by atoms with Crippen LogP contribution in [0, 0.1) is 11.8 Å². The zero-order valence-electron chi connectivity index (χ0n) is 19.1. The summed E-state index contributed by atoms with van der Waals surface area (Å²) in [6, 6.07) is 26.6. The molecule has 0 aliphatic carbocycles. The van der Waals surface area contributed by atoms with Crippen LogP contribution in [0.1, 0.15) is 23.6 Å². The molecule has 0 spiro atoms. The van der Waals surface area contributed by atoms with Crippen molar-refractivity contribution in [1.29, 1.82) is 0 Å². The van der Waals surface area contributed by atoms with Crippen LogP contribution in [-0.4, -0.2) is 33.4 Å². The van der Waals surface area contributed by atoms with Gasteiger partial charge in [-0.15, -0.1) is 0 Å². The third-order valence-electron chi connectivity index (χ3n) is 6.52. The summed E-state index contributed by atoms with van der Waals surface area (Å²) in [5, 5.41) is 0. The Morgan fingerprint density at radius 1 is 0.848 bits per heavy atom. The Kier molecular flexibility index (Phi) is 5.92. The van der Waals surface area contributed by atoms with Gasteiger partial charge in [0.15, 0.2) is 0 Å². The van der Waals surface area contributed by atoms with Crippen molar-refractivity contribution in [1.82, 2.24) is 0 Å². The molecule has 2 aliphatic rings. The zero-order chi connectivity index (χ0) is 22.7. The molecule has 0 unspecified atom stereocenters. The number of para-hydroxylation sites is 1. The Labute approximate surface area is 195 Å². The maximum absolute atomic E-state index is 6.95. The Balaban J connectivity index is 1.73. The van der Waals surface area contributed by atoms with Gasteiger partial charge in [0.25, 0.3) is 5.72 Å². The number of allylic oxidation sites excluding steroid dienone is 1. The number of hydrogen-bond donors (Lipinski definition) is 1. The summed E-state index contributed by atoms with van der Waals surface area (Å²) in [5.74, 6) is 8.57. The molecule has 1 atom stereocenters. The van der Waals surface area contributed by atoms with Crippen molar-refractivity contribution in [2.24, 2.45) is 0 Å². The highest BCUT2D eigenvalue weighted by atomic mass is 16.5. The van der Waals surface area contributed by atoms with E-state index in [1.165, 1.54) is 4.90 Å². The largest absolute Gasteiger partial charge is 0.497 e. The van der Waals surface area contributed by atoms with E-state index < -0.39 is 5.72 Å². The summed E-state index contributed by atoms with van der Waals surface area (Å²) in [7, 11) is 1.69. The van der Waals surface area contributed by atoms with Gasteiger partial charge in [-0.25, -0.2) is 0 Å². The predicted octanol–water partition coefficient (Wildman–Crippen LogP) is 3.68. The molecular weight excluding hydrogens is 410 g/mol. The highest BCUT2D eigenvalue weighted by Gasteiger charge is 2.51. The standard InChI is InChI=1S/C29H27NO3/c1-22-26(17-12-23-8-4-3-5-9-23)27-10-6-7-11-28(27)33-29(22,30-18-20-32-21-19-30)24-13-15-25(31-2)16-14-24/h3-11,13-16H,18-21H2,1-2H3/p+1/t29-/m1/s1. The van der Waals surface area contributed by atoms with E-state index in [0.717, 1.165) is 52.4 Å². The van der Waals surface area contributed by atoms with Crippen LogP contribution in [0.4, 0.5) is 0 Å². The first-order valence-corrected chi connectivity index (χ1v) is 11.4. The molecule has 3 aromatic rings. The van der Waals surface area contributed by atoms with E-state index in [2.05, 4.69) is 37.0 Å². The maximum atomic E-state index is 6.95. The molecule has 1 N–H and O–H groups in total. The second-order valence-corrected chi connectivity index (χ2v) is 8.34. The highest BCUT2D eigenvalue weighted by molar-refractivity contribution is 5.87. The average molecular weight is 439 g/mol. The fourth-order valence-electron chi connectivity index (χ4n) is 4.81. The summed E-state index contributed by atoms with van der Waals surface area (Å²) in [5.41, 5.74) is 4.57. The number of methoxy groups -OCH3 is 1. The molecule has 0 bridgehead atoms. The van der Waals surface area contributed by atoms with E-state index in [4.69, 9.17) is 14.2 Å². The highest BCUT2D eigenvalue weighted by Crippen LogP contribution is 2.43. The third-order valence-corrected chi connectivity index (χ3v) is 6.52. The number of morpholine rings is 1. The quantitative estimate of drug-likeness (QED) is 0.633. The van der Waals surface area contributed by atoms with Crippen LogP contribution in [0.25, 0.3) is 5.57 Å². The van der Waals surface area contributed by atoms with Crippen molar-refractivity contribution in [3.8, 4) is 23.3 Å². The van der Waals surface area contributed by atoms with Crippen molar-refractivity contribution in [3.63, 3.8) is 0 Å². The number of rotatable bonds is 3. The molecule has 0 saturated carbocycles. The molecule has 0 radical (unpaired) electrons. The molecule has 1 fully saturated rings. The van der Waals surface area contributed by atoms with Crippen LogP contribution < -0.4 is 14.4 Å². The number of benzene rings is 3. The summed E-state index contributed by atoms with van der Waals surface area (Å²) < 4.78 is 18.1. The van der Waals surface area contributed by atoms with Crippen molar-refractivity contribution < 1.29 is 19.1 Å². The van der Waals surface area contributed by atoms with Crippen molar-refractivity contribution in [2.45, 2.75) is 12.6 Å². The fraction of sp³-hybridized carbons (Fsp3) is 0.241. The van der Waals surface area contributed by atoms with Gasteiger partial charge in [-0.05, 0) is 55.5 Å². The SMILES string of the molecule is COc1ccc([C@]2([NH+]3CCOCC3)Oc3ccccc3C(C#Cc3ccccc3)=C2C)cc1. The number of nitrogens with one attached hydrogen (secondary N) is 1. The van der Waals surface area contributed by atoms with E-state index in [-0.39, 0.29) is 0 Å². The molecule has 3 aromatic carbocycles. The fourth-order valence-corrected chi connectivity index (χ4v) is 4.81. The topological polar surface area (TPSA) is 32.1 Å². The summed E-state index contributed by atoms with van der Waals surface area (Å²) >= 11 is 0. The summed E-state index contributed by atoms with van der Waals surface area (Å²) in [6.45, 7) is 5.28. The maximum Gasteiger partial charge on any atom is 0.292 e. The Bertz CT molecular complexity index is 1210. The van der Waals surface area contributed by atoms with Crippen LogP contribution in [0.15, 0.2) is 84.4 Å². The van der Waals surface area contributed by atoms with Crippen LogP contribution >= 0.6 is 0 Å². The van der Waals surface area contributed by atoms with Gasteiger partial charge < -0.3 is 14.2 Å². The van der Waals surface area contributed by atoms with Gasteiger partial charge in [-0.1, -0.05) is 42.2 Å². The molecule has 4 heteroatoms. The molecule has 2 aliphatic heterocycles. The lowest BCUT2D eigenvalue weighted by Gasteiger charge is -2.45. The van der Waals surface area contributed by atoms with Crippen LogP contribution in [0.3, 0.4) is 0 Å². The molecule has 4 nitrogen and oxygen atoms in total. The molecule has 1 saturated heterocycles. The molecule has 33 heavy (non-hydrogen) atoms. The van der Waals surface area contributed by atoms with E-state index in [9.17, 15) is 0 Å². The van der Waals surface area contributed by atoms with E-state index in [0.29, 0.717) is 13.2 Å². The van der Waals surface area contributed by atoms with E-state index in [1.807, 2.05) is 60.7 Å². The average Bonchev–Trinajstić information content (AvgIpc) is 2.89. The number of fused-ring (bicyclic) bond motifs is 1. The second kappa shape index (κ2) is 9.15. The number of quaternary nitrogens is 1. The molecule has 166 valence electrons. The lowest BCUT2D eigenvalue weighted by atomic mass is 9.84. The van der Waals surface area contributed by atoms with Crippen LogP contribution in [0.2, 0.25) is 0 Å². The number of hydrogen-bond acceptors (Lipinski definition) is 3. The summed E-state index contributed by atoms with van der Waals surface area (Å²) in [6.07, 6.45) is 0. The van der Waals surface area contributed by atoms with Crippen LogP contribution in [-0.2, 0) is 10.5 Å². The van der Waals surface area contributed by atoms with Gasteiger partial charge in [-0.2, -0.15) is 0 Å². The minimum Gasteiger partial charge on any atom is -0.497 e. The van der Waals surface area contributed by atoms with Gasteiger partial charge in [-0.3, -0.25) is 4.90 Å². The first-order chi connectivity index (χ1) is 16.2. The van der Waals surface area contributed by atoms with Gasteiger partial charge in [0, 0.05) is 16.7 Å². The van der Waals surface area contributed by atoms with Crippen molar-refractivity contribution in [3.05, 3.63) is 101 Å². The monoisotopic (exact) mass is 438 g/mol. The van der Waals surface area contributed by atoms with E-state index in [1.54, 1.807) is 7.11 Å². The molecule has 0 amide bonds. The van der Waals surface area contributed by atoms with Crippen molar-refractivity contribution >= 4 is 5.57 Å². The molecular formula is C29H28NO3+. The zero-order valence-corrected chi connectivity index (χ0v) is 19.1.